The van der Waals surface area contributed by atoms with Gasteiger partial charge in [0.25, 0.3) is 0 Å². The van der Waals surface area contributed by atoms with Crippen LogP contribution in [0.15, 0.2) is 53.0 Å². The molecular formula is C22H27BrN2O2S. The first-order valence-electron chi connectivity index (χ1n) is 9.35. The van der Waals surface area contributed by atoms with Crippen molar-refractivity contribution in [3.05, 3.63) is 69.7 Å². The van der Waals surface area contributed by atoms with Crippen molar-refractivity contribution in [2.45, 2.75) is 39.1 Å². The van der Waals surface area contributed by atoms with Gasteiger partial charge in [0.15, 0.2) is 0 Å². The summed E-state index contributed by atoms with van der Waals surface area (Å²) in [6, 6.07) is 15.6. The SMILES string of the molecule is CCNC(=O)[C@H](C)N(Cc1cccc(Br)c1)C(=O)CSCc1cccc(C)c1. The summed E-state index contributed by atoms with van der Waals surface area (Å²) in [7, 11) is 0. The summed E-state index contributed by atoms with van der Waals surface area (Å²) in [6.45, 7) is 6.67. The number of thioether (sulfide) groups is 1. The number of rotatable bonds is 9. The van der Waals surface area contributed by atoms with E-state index in [0.29, 0.717) is 18.8 Å². The van der Waals surface area contributed by atoms with E-state index in [-0.39, 0.29) is 11.8 Å². The van der Waals surface area contributed by atoms with E-state index in [2.05, 4.69) is 46.4 Å². The summed E-state index contributed by atoms with van der Waals surface area (Å²) in [5.74, 6) is 0.949. The Bertz CT molecular complexity index is 813. The largest absolute Gasteiger partial charge is 0.355 e. The molecule has 150 valence electrons. The summed E-state index contributed by atoms with van der Waals surface area (Å²) in [4.78, 5) is 27.0. The summed E-state index contributed by atoms with van der Waals surface area (Å²) in [6.07, 6.45) is 0. The molecule has 1 atom stereocenters. The monoisotopic (exact) mass is 462 g/mol. The zero-order valence-electron chi connectivity index (χ0n) is 16.6. The molecule has 0 aliphatic heterocycles. The van der Waals surface area contributed by atoms with Gasteiger partial charge in [-0.15, -0.1) is 11.8 Å². The minimum absolute atomic E-state index is 0.0311. The minimum atomic E-state index is -0.522. The number of nitrogens with zero attached hydrogens (tertiary/aromatic N) is 1. The molecule has 28 heavy (non-hydrogen) atoms. The number of hydrogen-bond acceptors (Lipinski definition) is 3. The summed E-state index contributed by atoms with van der Waals surface area (Å²) in [5.41, 5.74) is 3.40. The molecule has 0 aromatic heterocycles. The van der Waals surface area contributed by atoms with Crippen LogP contribution in [-0.2, 0) is 21.9 Å². The number of nitrogens with one attached hydrogen (secondary N) is 1. The molecular weight excluding hydrogens is 436 g/mol. The molecule has 0 bridgehead atoms. The summed E-state index contributed by atoms with van der Waals surface area (Å²) in [5, 5.41) is 2.82. The van der Waals surface area contributed by atoms with Crippen LogP contribution in [0.3, 0.4) is 0 Å². The van der Waals surface area contributed by atoms with Gasteiger partial charge in [-0.3, -0.25) is 9.59 Å². The van der Waals surface area contributed by atoms with Crippen molar-refractivity contribution in [3.63, 3.8) is 0 Å². The van der Waals surface area contributed by atoms with Crippen LogP contribution >= 0.6 is 27.7 Å². The molecule has 0 saturated heterocycles. The Hall–Kier alpha value is -1.79. The lowest BCUT2D eigenvalue weighted by Gasteiger charge is -2.28. The second-order valence-corrected chi connectivity index (χ2v) is 8.61. The van der Waals surface area contributed by atoms with Gasteiger partial charge in [-0.25, -0.2) is 0 Å². The zero-order valence-corrected chi connectivity index (χ0v) is 19.0. The van der Waals surface area contributed by atoms with E-state index in [1.165, 1.54) is 11.1 Å². The van der Waals surface area contributed by atoms with Crippen molar-refractivity contribution in [2.24, 2.45) is 0 Å². The number of likely N-dealkylation sites (N-methyl/N-ethyl adjacent to an activating group) is 1. The maximum absolute atomic E-state index is 13.0. The van der Waals surface area contributed by atoms with Crippen LogP contribution in [0.1, 0.15) is 30.5 Å². The zero-order chi connectivity index (χ0) is 20.5. The van der Waals surface area contributed by atoms with Crippen molar-refractivity contribution >= 4 is 39.5 Å². The molecule has 0 aliphatic carbocycles. The number of carbonyl (C=O) groups excluding carboxylic acids is 2. The van der Waals surface area contributed by atoms with Crippen LogP contribution in [0.2, 0.25) is 0 Å². The van der Waals surface area contributed by atoms with E-state index in [9.17, 15) is 9.59 Å². The molecule has 0 radical (unpaired) electrons. The lowest BCUT2D eigenvalue weighted by atomic mass is 10.1. The molecule has 4 nitrogen and oxygen atoms in total. The van der Waals surface area contributed by atoms with Gasteiger partial charge in [-0.1, -0.05) is 57.9 Å². The van der Waals surface area contributed by atoms with Crippen LogP contribution in [0.25, 0.3) is 0 Å². The van der Waals surface area contributed by atoms with E-state index in [0.717, 1.165) is 15.8 Å². The molecule has 0 aliphatic rings. The van der Waals surface area contributed by atoms with Crippen LogP contribution in [-0.4, -0.2) is 35.1 Å². The fraction of sp³-hybridized carbons (Fsp3) is 0.364. The van der Waals surface area contributed by atoms with Gasteiger partial charge in [0, 0.05) is 23.3 Å². The van der Waals surface area contributed by atoms with Gasteiger partial charge in [-0.2, -0.15) is 0 Å². The lowest BCUT2D eigenvalue weighted by molar-refractivity contribution is -0.138. The normalized spacial score (nSPS) is 11.7. The van der Waals surface area contributed by atoms with Gasteiger partial charge in [-0.05, 0) is 44.0 Å². The Kier molecular flexibility index (Phi) is 9.06. The van der Waals surface area contributed by atoms with Crippen molar-refractivity contribution < 1.29 is 9.59 Å². The number of amides is 2. The van der Waals surface area contributed by atoms with E-state index in [1.807, 2.05) is 37.3 Å². The van der Waals surface area contributed by atoms with E-state index in [1.54, 1.807) is 23.6 Å². The molecule has 2 rings (SSSR count). The smallest absolute Gasteiger partial charge is 0.242 e. The van der Waals surface area contributed by atoms with Crippen molar-refractivity contribution in [1.82, 2.24) is 10.2 Å². The number of benzene rings is 2. The van der Waals surface area contributed by atoms with Crippen LogP contribution < -0.4 is 5.32 Å². The van der Waals surface area contributed by atoms with Crippen molar-refractivity contribution in [3.8, 4) is 0 Å². The maximum Gasteiger partial charge on any atom is 0.242 e. The highest BCUT2D eigenvalue weighted by Crippen LogP contribution is 2.18. The molecule has 2 amide bonds. The highest BCUT2D eigenvalue weighted by Gasteiger charge is 2.25. The molecule has 1 N–H and O–H groups in total. The van der Waals surface area contributed by atoms with E-state index in [4.69, 9.17) is 0 Å². The molecule has 2 aromatic carbocycles. The molecule has 0 heterocycles. The third kappa shape index (κ3) is 6.99. The number of halogens is 1. The Morgan fingerprint density at radius 2 is 1.86 bits per heavy atom. The van der Waals surface area contributed by atoms with Crippen molar-refractivity contribution in [2.75, 3.05) is 12.3 Å². The van der Waals surface area contributed by atoms with Crippen LogP contribution in [0.5, 0.6) is 0 Å². The number of carbonyl (C=O) groups is 2. The molecule has 0 saturated carbocycles. The first kappa shape index (κ1) is 22.5. The molecule has 2 aromatic rings. The van der Waals surface area contributed by atoms with Crippen LogP contribution in [0, 0.1) is 6.92 Å². The second kappa shape index (κ2) is 11.3. The fourth-order valence-corrected chi connectivity index (χ4v) is 4.18. The predicted octanol–water partition coefficient (Wildman–Crippen LogP) is 4.54. The molecule has 0 fully saturated rings. The standard InChI is InChI=1S/C22H27BrN2O2S/c1-4-24-22(27)17(3)25(13-18-8-6-10-20(23)12-18)21(26)15-28-14-19-9-5-7-16(2)11-19/h5-12,17H,4,13-15H2,1-3H3,(H,24,27)/t17-/m0/s1. The van der Waals surface area contributed by atoms with Gasteiger partial charge < -0.3 is 10.2 Å². The van der Waals surface area contributed by atoms with E-state index >= 15 is 0 Å². The summed E-state index contributed by atoms with van der Waals surface area (Å²) >= 11 is 5.04. The van der Waals surface area contributed by atoms with Crippen LogP contribution in [0.4, 0.5) is 0 Å². The van der Waals surface area contributed by atoms with Gasteiger partial charge >= 0.3 is 0 Å². The Morgan fingerprint density at radius 3 is 2.54 bits per heavy atom. The maximum atomic E-state index is 13.0. The second-order valence-electron chi connectivity index (χ2n) is 6.70. The first-order chi connectivity index (χ1) is 13.4. The topological polar surface area (TPSA) is 49.4 Å². The molecule has 0 unspecified atom stereocenters. The average Bonchev–Trinajstić information content (AvgIpc) is 2.66. The van der Waals surface area contributed by atoms with E-state index < -0.39 is 6.04 Å². The number of aryl methyl sites for hydroxylation is 1. The Labute approximate surface area is 180 Å². The summed E-state index contributed by atoms with van der Waals surface area (Å²) < 4.78 is 0.955. The highest BCUT2D eigenvalue weighted by atomic mass is 79.9. The molecule has 6 heteroatoms. The third-order valence-corrected chi connectivity index (χ3v) is 5.82. The lowest BCUT2D eigenvalue weighted by Crippen LogP contribution is -2.48. The number of hydrogen-bond donors (Lipinski definition) is 1. The third-order valence-electron chi connectivity index (χ3n) is 4.34. The quantitative estimate of drug-likeness (QED) is 0.594. The van der Waals surface area contributed by atoms with Gasteiger partial charge in [0.05, 0.1) is 5.75 Å². The average molecular weight is 463 g/mol. The van der Waals surface area contributed by atoms with Gasteiger partial charge in [0.2, 0.25) is 11.8 Å². The Balaban J connectivity index is 2.05. The van der Waals surface area contributed by atoms with Crippen molar-refractivity contribution in [1.29, 1.82) is 0 Å². The Morgan fingerprint density at radius 1 is 1.14 bits per heavy atom. The predicted molar refractivity (Wildman–Crippen MR) is 120 cm³/mol. The highest BCUT2D eigenvalue weighted by molar-refractivity contribution is 9.10. The van der Waals surface area contributed by atoms with Gasteiger partial charge in [0.1, 0.15) is 6.04 Å². The fourth-order valence-electron chi connectivity index (χ4n) is 2.88. The minimum Gasteiger partial charge on any atom is -0.355 e. The first-order valence-corrected chi connectivity index (χ1v) is 11.3. The molecule has 0 spiro atoms.